The van der Waals surface area contributed by atoms with E-state index in [4.69, 9.17) is 15.2 Å². The van der Waals surface area contributed by atoms with Crippen LogP contribution in [0.4, 0.5) is 0 Å². The van der Waals surface area contributed by atoms with Gasteiger partial charge in [-0.3, -0.25) is 0 Å². The Kier molecular flexibility index (Phi) is 8.14. The van der Waals surface area contributed by atoms with Gasteiger partial charge in [0.1, 0.15) is 0 Å². The molecule has 0 heterocycles. The summed E-state index contributed by atoms with van der Waals surface area (Å²) in [6.07, 6.45) is 0.698. The molecule has 1 unspecified atom stereocenters. The van der Waals surface area contributed by atoms with Crippen molar-refractivity contribution in [1.29, 1.82) is 0 Å². The molecule has 3 heteroatoms. The first-order valence-corrected chi connectivity index (χ1v) is 4.03. The molecule has 0 spiro atoms. The summed E-state index contributed by atoms with van der Waals surface area (Å²) in [6, 6.07) is 0.0225. The molecule has 2 N–H and O–H groups in total. The highest BCUT2D eigenvalue weighted by atomic mass is 16.5. The van der Waals surface area contributed by atoms with E-state index in [9.17, 15) is 0 Å². The van der Waals surface area contributed by atoms with Gasteiger partial charge in [0.05, 0.1) is 19.8 Å². The van der Waals surface area contributed by atoms with Gasteiger partial charge in [-0.2, -0.15) is 0 Å². The number of ether oxygens (including phenoxy) is 2. The van der Waals surface area contributed by atoms with E-state index in [1.165, 1.54) is 0 Å². The van der Waals surface area contributed by atoms with Crippen molar-refractivity contribution in [2.45, 2.75) is 19.4 Å². The zero-order valence-electron chi connectivity index (χ0n) is 7.80. The van der Waals surface area contributed by atoms with Gasteiger partial charge >= 0.3 is 0 Å². The normalized spacial score (nSPS) is 11.9. The lowest BCUT2D eigenvalue weighted by Gasteiger charge is -2.08. The SMILES string of the molecule is CC#CCC(N)COCCOC. The second-order valence-electron chi connectivity index (χ2n) is 2.46. The van der Waals surface area contributed by atoms with Gasteiger partial charge in [-0.25, -0.2) is 0 Å². The van der Waals surface area contributed by atoms with E-state index in [1.807, 2.05) is 0 Å². The maximum atomic E-state index is 5.67. The maximum absolute atomic E-state index is 5.67. The number of nitrogens with two attached hydrogens (primary N) is 1. The molecule has 3 nitrogen and oxygen atoms in total. The van der Waals surface area contributed by atoms with Crippen LogP contribution >= 0.6 is 0 Å². The number of methoxy groups -OCH3 is 1. The van der Waals surface area contributed by atoms with Crippen molar-refractivity contribution in [3.63, 3.8) is 0 Å². The molecule has 0 amide bonds. The highest BCUT2D eigenvalue weighted by Gasteiger charge is 1.98. The second-order valence-corrected chi connectivity index (χ2v) is 2.46. The molecule has 0 aliphatic heterocycles. The first kappa shape index (κ1) is 11.4. The van der Waals surface area contributed by atoms with Gasteiger partial charge in [0.15, 0.2) is 0 Å². The van der Waals surface area contributed by atoms with Gasteiger partial charge in [0.25, 0.3) is 0 Å². The van der Waals surface area contributed by atoms with Crippen molar-refractivity contribution >= 4 is 0 Å². The Morgan fingerprint density at radius 2 is 2.17 bits per heavy atom. The standard InChI is InChI=1S/C9H17NO2/c1-3-4-5-9(10)8-12-7-6-11-2/h9H,5-8,10H2,1-2H3. The smallest absolute Gasteiger partial charge is 0.0701 e. The third kappa shape index (κ3) is 7.55. The van der Waals surface area contributed by atoms with Gasteiger partial charge < -0.3 is 15.2 Å². The monoisotopic (exact) mass is 171 g/mol. The lowest BCUT2D eigenvalue weighted by atomic mass is 10.2. The van der Waals surface area contributed by atoms with Crippen LogP contribution in [-0.4, -0.2) is 33.0 Å². The van der Waals surface area contributed by atoms with Crippen LogP contribution in [0.25, 0.3) is 0 Å². The Hall–Kier alpha value is -0.560. The summed E-state index contributed by atoms with van der Waals surface area (Å²) in [5.74, 6) is 5.69. The molecule has 12 heavy (non-hydrogen) atoms. The fraction of sp³-hybridized carbons (Fsp3) is 0.778. The predicted octanol–water partition coefficient (Wildman–Crippen LogP) is 0.390. The minimum absolute atomic E-state index is 0.0225. The Labute approximate surface area is 74.2 Å². The van der Waals surface area contributed by atoms with E-state index >= 15 is 0 Å². The molecule has 0 aromatic carbocycles. The summed E-state index contributed by atoms with van der Waals surface area (Å²) in [6.45, 7) is 3.58. The molecule has 0 aliphatic rings. The predicted molar refractivity (Wildman–Crippen MR) is 48.7 cm³/mol. The summed E-state index contributed by atoms with van der Waals surface area (Å²) < 4.78 is 10.0. The Morgan fingerprint density at radius 1 is 1.42 bits per heavy atom. The van der Waals surface area contributed by atoms with Gasteiger partial charge in [-0.1, -0.05) is 0 Å². The molecular formula is C9H17NO2. The van der Waals surface area contributed by atoms with E-state index in [-0.39, 0.29) is 6.04 Å². The molecule has 0 bridgehead atoms. The minimum atomic E-state index is 0.0225. The van der Waals surface area contributed by atoms with E-state index in [0.29, 0.717) is 26.2 Å². The molecule has 0 aromatic heterocycles. The van der Waals surface area contributed by atoms with Crippen LogP contribution in [0.5, 0.6) is 0 Å². The largest absolute Gasteiger partial charge is 0.382 e. The van der Waals surface area contributed by atoms with Crippen LogP contribution in [-0.2, 0) is 9.47 Å². The molecule has 0 aliphatic carbocycles. The lowest BCUT2D eigenvalue weighted by molar-refractivity contribution is 0.0642. The average molecular weight is 171 g/mol. The molecule has 0 aromatic rings. The van der Waals surface area contributed by atoms with Crippen molar-refractivity contribution in [3.8, 4) is 11.8 Å². The molecule has 70 valence electrons. The molecule has 0 radical (unpaired) electrons. The molecule has 0 rings (SSSR count). The number of hydrogen-bond acceptors (Lipinski definition) is 3. The van der Waals surface area contributed by atoms with E-state index in [0.717, 1.165) is 0 Å². The van der Waals surface area contributed by atoms with Gasteiger partial charge in [0, 0.05) is 19.6 Å². The fourth-order valence-electron chi connectivity index (χ4n) is 0.669. The summed E-state index contributed by atoms with van der Waals surface area (Å²) in [7, 11) is 1.64. The Balaban J connectivity index is 3.17. The van der Waals surface area contributed by atoms with Crippen molar-refractivity contribution in [2.24, 2.45) is 5.73 Å². The Bertz CT molecular complexity index is 148. The summed E-state index contributed by atoms with van der Waals surface area (Å²) in [4.78, 5) is 0. The van der Waals surface area contributed by atoms with Crippen LogP contribution in [0.1, 0.15) is 13.3 Å². The first-order valence-electron chi connectivity index (χ1n) is 4.03. The highest BCUT2D eigenvalue weighted by molar-refractivity contribution is 4.97. The van der Waals surface area contributed by atoms with Crippen LogP contribution in [0.2, 0.25) is 0 Å². The molecule has 0 fully saturated rings. The van der Waals surface area contributed by atoms with Crippen molar-refractivity contribution in [3.05, 3.63) is 0 Å². The zero-order chi connectivity index (χ0) is 9.23. The van der Waals surface area contributed by atoms with Crippen LogP contribution < -0.4 is 5.73 Å². The van der Waals surface area contributed by atoms with Crippen LogP contribution in [0, 0.1) is 11.8 Å². The van der Waals surface area contributed by atoms with Crippen molar-refractivity contribution in [1.82, 2.24) is 0 Å². The van der Waals surface area contributed by atoms with Gasteiger partial charge in [-0.05, 0) is 6.92 Å². The number of hydrogen-bond donors (Lipinski definition) is 1. The number of rotatable bonds is 6. The summed E-state index contributed by atoms with van der Waals surface area (Å²) in [5.41, 5.74) is 5.67. The summed E-state index contributed by atoms with van der Waals surface area (Å²) in [5, 5.41) is 0. The first-order chi connectivity index (χ1) is 5.81. The van der Waals surface area contributed by atoms with E-state index in [1.54, 1.807) is 14.0 Å². The highest BCUT2D eigenvalue weighted by Crippen LogP contribution is 1.87. The molecular weight excluding hydrogens is 154 g/mol. The molecule has 0 saturated carbocycles. The average Bonchev–Trinajstić information content (AvgIpc) is 2.09. The van der Waals surface area contributed by atoms with Crippen LogP contribution in [0.3, 0.4) is 0 Å². The quantitative estimate of drug-likeness (QED) is 0.464. The summed E-state index contributed by atoms with van der Waals surface area (Å²) >= 11 is 0. The van der Waals surface area contributed by atoms with E-state index in [2.05, 4.69) is 11.8 Å². The minimum Gasteiger partial charge on any atom is -0.382 e. The topological polar surface area (TPSA) is 44.5 Å². The van der Waals surface area contributed by atoms with Crippen LogP contribution in [0.15, 0.2) is 0 Å². The fourth-order valence-corrected chi connectivity index (χ4v) is 0.669. The molecule has 1 atom stereocenters. The maximum Gasteiger partial charge on any atom is 0.0701 e. The van der Waals surface area contributed by atoms with Crippen molar-refractivity contribution in [2.75, 3.05) is 26.9 Å². The molecule has 0 saturated heterocycles. The third-order valence-corrected chi connectivity index (χ3v) is 1.30. The van der Waals surface area contributed by atoms with Gasteiger partial charge in [0.2, 0.25) is 0 Å². The van der Waals surface area contributed by atoms with E-state index < -0.39 is 0 Å². The lowest BCUT2D eigenvalue weighted by Crippen LogP contribution is -2.26. The van der Waals surface area contributed by atoms with Gasteiger partial charge in [-0.15, -0.1) is 11.8 Å². The van der Waals surface area contributed by atoms with Crippen molar-refractivity contribution < 1.29 is 9.47 Å². The Morgan fingerprint density at radius 3 is 2.75 bits per heavy atom. The second kappa shape index (κ2) is 8.54. The third-order valence-electron chi connectivity index (χ3n) is 1.30. The zero-order valence-corrected chi connectivity index (χ0v) is 7.80.